The van der Waals surface area contributed by atoms with Crippen LogP contribution < -0.4 is 11.1 Å². The van der Waals surface area contributed by atoms with Gasteiger partial charge in [0, 0.05) is 27.2 Å². The molecule has 1 rings (SSSR count). The first-order valence-corrected chi connectivity index (χ1v) is 9.78. The highest BCUT2D eigenvalue weighted by molar-refractivity contribution is 5.75. The second kappa shape index (κ2) is 11.4. The fraction of sp³-hybridized carbons (Fsp3) is 0.750. The molecule has 8 heteroatoms. The minimum Gasteiger partial charge on any atom is -0.459 e. The number of alkyl halides is 1. The van der Waals surface area contributed by atoms with E-state index >= 15 is 0 Å². The van der Waals surface area contributed by atoms with Gasteiger partial charge in [0.2, 0.25) is 0 Å². The molecule has 1 heterocycles. The number of hydrogen-bond donors (Lipinski definition) is 2. The Bertz CT molecular complexity index is 548. The lowest BCUT2D eigenvalue weighted by atomic mass is 10.1. The molecule has 7 nitrogen and oxygen atoms in total. The molecule has 0 radical (unpaired) electrons. The Balaban J connectivity index is 2.85. The molecule has 0 amide bonds. The summed E-state index contributed by atoms with van der Waals surface area (Å²) in [6.07, 6.45) is 2.94. The van der Waals surface area contributed by atoms with E-state index in [1.807, 2.05) is 23.1 Å². The van der Waals surface area contributed by atoms with Gasteiger partial charge in [-0.2, -0.15) is 0 Å². The van der Waals surface area contributed by atoms with Crippen molar-refractivity contribution < 1.29 is 18.7 Å². The number of hydrazine groups is 1. The van der Waals surface area contributed by atoms with Gasteiger partial charge in [0.05, 0.1) is 13.2 Å². The first kappa shape index (κ1) is 24.4. The number of nitrogens with one attached hydrogen (secondary N) is 1. The molecule has 1 aliphatic rings. The fourth-order valence-corrected chi connectivity index (χ4v) is 2.99. The smallest absolute Gasteiger partial charge is 0.323 e. The summed E-state index contributed by atoms with van der Waals surface area (Å²) >= 11 is 0. The molecule has 0 bridgehead atoms. The highest BCUT2D eigenvalue weighted by atomic mass is 19.1. The van der Waals surface area contributed by atoms with Crippen LogP contribution in [0.3, 0.4) is 0 Å². The van der Waals surface area contributed by atoms with Crippen molar-refractivity contribution in [1.29, 1.82) is 0 Å². The zero-order valence-corrected chi connectivity index (χ0v) is 18.0. The average molecular weight is 401 g/mol. The molecule has 0 saturated heterocycles. The maximum atomic E-state index is 14.3. The first-order chi connectivity index (χ1) is 13.1. The fourth-order valence-electron chi connectivity index (χ4n) is 2.99. The number of esters is 1. The number of carbonyl (C=O) groups excluding carboxylic acids is 1. The molecule has 28 heavy (non-hydrogen) atoms. The van der Waals surface area contributed by atoms with Crippen molar-refractivity contribution in [3.63, 3.8) is 0 Å². The molecule has 1 aliphatic heterocycles. The van der Waals surface area contributed by atoms with Crippen LogP contribution in [0.25, 0.3) is 0 Å². The Kier molecular flexibility index (Phi) is 9.92. The van der Waals surface area contributed by atoms with E-state index in [0.717, 1.165) is 30.8 Å². The van der Waals surface area contributed by atoms with Crippen LogP contribution in [0.2, 0.25) is 0 Å². The summed E-state index contributed by atoms with van der Waals surface area (Å²) in [6, 6.07) is -0.775. The van der Waals surface area contributed by atoms with Crippen LogP contribution in [0, 0.1) is 0 Å². The number of halogens is 1. The Hall–Kier alpha value is -1.64. The third kappa shape index (κ3) is 8.16. The Morgan fingerprint density at radius 2 is 2.14 bits per heavy atom. The van der Waals surface area contributed by atoms with E-state index in [1.54, 1.807) is 20.8 Å². The van der Waals surface area contributed by atoms with Crippen molar-refractivity contribution in [3.8, 4) is 0 Å². The number of nitrogens with two attached hydrogens (primary N) is 1. The summed E-state index contributed by atoms with van der Waals surface area (Å²) in [5.41, 5.74) is 6.50. The van der Waals surface area contributed by atoms with Crippen LogP contribution in [-0.4, -0.2) is 74.2 Å². The van der Waals surface area contributed by atoms with Crippen molar-refractivity contribution in [2.75, 3.05) is 40.4 Å². The van der Waals surface area contributed by atoms with Gasteiger partial charge in [-0.1, -0.05) is 12.7 Å². The minimum absolute atomic E-state index is 0.00323. The molecule has 0 saturated carbocycles. The van der Waals surface area contributed by atoms with Crippen LogP contribution >= 0.6 is 0 Å². The summed E-state index contributed by atoms with van der Waals surface area (Å²) in [7, 11) is 3.34. The van der Waals surface area contributed by atoms with Crippen LogP contribution in [-0.2, 0) is 14.3 Å². The molecular weight excluding hydrogens is 363 g/mol. The van der Waals surface area contributed by atoms with Gasteiger partial charge in [0.25, 0.3) is 0 Å². The van der Waals surface area contributed by atoms with Crippen molar-refractivity contribution >= 4 is 5.97 Å². The summed E-state index contributed by atoms with van der Waals surface area (Å²) in [4.78, 5) is 12.2. The highest BCUT2D eigenvalue weighted by Crippen LogP contribution is 2.20. The van der Waals surface area contributed by atoms with E-state index in [4.69, 9.17) is 15.2 Å². The number of allylic oxidation sites excluding steroid dienone is 2. The summed E-state index contributed by atoms with van der Waals surface area (Å²) in [6.45, 7) is 10.7. The lowest BCUT2D eigenvalue weighted by molar-refractivity contribution is -0.157. The van der Waals surface area contributed by atoms with Crippen molar-refractivity contribution in [1.82, 2.24) is 15.3 Å². The number of rotatable bonds is 11. The molecule has 0 aromatic rings. The Labute approximate surface area is 168 Å². The molecule has 3 N–H and O–H groups in total. The Morgan fingerprint density at radius 3 is 2.71 bits per heavy atom. The molecule has 0 fully saturated rings. The molecule has 0 spiro atoms. The third-order valence-corrected chi connectivity index (χ3v) is 4.38. The van der Waals surface area contributed by atoms with E-state index in [0.29, 0.717) is 13.0 Å². The Morgan fingerprint density at radius 1 is 1.46 bits per heavy atom. The van der Waals surface area contributed by atoms with E-state index in [1.165, 1.54) is 7.11 Å². The van der Waals surface area contributed by atoms with Gasteiger partial charge in [0.15, 0.2) is 0 Å². The van der Waals surface area contributed by atoms with Gasteiger partial charge < -0.3 is 20.5 Å². The maximum Gasteiger partial charge on any atom is 0.323 e. The largest absolute Gasteiger partial charge is 0.459 e. The summed E-state index contributed by atoms with van der Waals surface area (Å²) in [5, 5.41) is 7.09. The molecule has 0 aromatic heterocycles. The van der Waals surface area contributed by atoms with E-state index < -0.39 is 23.8 Å². The quantitative estimate of drug-likeness (QED) is 0.405. The summed E-state index contributed by atoms with van der Waals surface area (Å²) in [5.74, 6) is 0.447. The zero-order chi connectivity index (χ0) is 21.3. The van der Waals surface area contributed by atoms with Gasteiger partial charge in [-0.3, -0.25) is 9.80 Å². The average Bonchev–Trinajstić information content (AvgIpc) is 2.62. The summed E-state index contributed by atoms with van der Waals surface area (Å²) < 4.78 is 24.6. The topological polar surface area (TPSA) is 80.1 Å². The van der Waals surface area contributed by atoms with Crippen LogP contribution in [0.5, 0.6) is 0 Å². The zero-order valence-electron chi connectivity index (χ0n) is 18.0. The van der Waals surface area contributed by atoms with Crippen molar-refractivity contribution in [2.24, 2.45) is 5.73 Å². The second-order valence-corrected chi connectivity index (χ2v) is 8.03. The minimum atomic E-state index is -1.17. The SMILES string of the molecule is C=CC1=C(N(C)N(CC[C@H](N)C(=O)OC(C)(C)C)C[C@H](F)COC)NCCC1. The van der Waals surface area contributed by atoms with Gasteiger partial charge >= 0.3 is 5.97 Å². The molecule has 0 aromatic carbocycles. The normalized spacial score (nSPS) is 17.1. The number of nitrogens with zero attached hydrogens (tertiary/aromatic N) is 2. The van der Waals surface area contributed by atoms with E-state index in [9.17, 15) is 9.18 Å². The number of methoxy groups -OCH3 is 1. The second-order valence-electron chi connectivity index (χ2n) is 8.03. The van der Waals surface area contributed by atoms with Gasteiger partial charge in [0.1, 0.15) is 23.6 Å². The van der Waals surface area contributed by atoms with Gasteiger partial charge in [-0.15, -0.1) is 0 Å². The highest BCUT2D eigenvalue weighted by Gasteiger charge is 2.26. The number of hydrogen-bond acceptors (Lipinski definition) is 7. The monoisotopic (exact) mass is 400 g/mol. The van der Waals surface area contributed by atoms with Crippen LogP contribution in [0.4, 0.5) is 4.39 Å². The lowest BCUT2D eigenvalue weighted by Gasteiger charge is -2.39. The van der Waals surface area contributed by atoms with Crippen LogP contribution in [0.15, 0.2) is 24.0 Å². The predicted molar refractivity (Wildman–Crippen MR) is 109 cm³/mol. The van der Waals surface area contributed by atoms with Crippen LogP contribution in [0.1, 0.15) is 40.0 Å². The van der Waals surface area contributed by atoms with Gasteiger partial charge in [-0.05, 0) is 45.6 Å². The first-order valence-electron chi connectivity index (χ1n) is 9.78. The van der Waals surface area contributed by atoms with E-state index in [2.05, 4.69) is 11.9 Å². The molecule has 0 unspecified atom stereocenters. The van der Waals surface area contributed by atoms with E-state index in [-0.39, 0.29) is 13.2 Å². The lowest BCUT2D eigenvalue weighted by Crippen LogP contribution is -2.49. The molecule has 162 valence electrons. The molecule has 2 atom stereocenters. The standard InChI is InChI=1S/C20H37FN4O3/c1-7-15-9-8-11-23-18(15)24(5)25(13-16(21)14-27-6)12-10-17(22)19(26)28-20(2,3)4/h7,16-17,23H,1,8-14,22H2,2-6H3/t16-,17-/m0/s1. The number of carbonyl (C=O) groups is 1. The predicted octanol–water partition coefficient (Wildman–Crippen LogP) is 1.96. The molecule has 0 aliphatic carbocycles. The maximum absolute atomic E-state index is 14.3. The van der Waals surface area contributed by atoms with Crippen molar-refractivity contribution in [2.45, 2.75) is 57.8 Å². The molecular formula is C20H37FN4O3. The van der Waals surface area contributed by atoms with Crippen molar-refractivity contribution in [3.05, 3.63) is 24.0 Å². The van der Waals surface area contributed by atoms with Gasteiger partial charge in [-0.25, -0.2) is 9.40 Å². The number of ether oxygens (including phenoxy) is 2. The third-order valence-electron chi connectivity index (χ3n) is 4.38.